The average molecular weight is 417 g/mol. The summed E-state index contributed by atoms with van der Waals surface area (Å²) in [6.45, 7) is 6.53. The number of nitrogens with one attached hydrogen (secondary N) is 1. The molecule has 2 aromatic rings. The van der Waals surface area contributed by atoms with Crippen LogP contribution in [0.3, 0.4) is 0 Å². The molecule has 0 bridgehead atoms. The van der Waals surface area contributed by atoms with Crippen LogP contribution in [0.1, 0.15) is 37.8 Å². The van der Waals surface area contributed by atoms with Gasteiger partial charge in [-0.25, -0.2) is 0 Å². The number of carbonyl (C=O) groups excluding carboxylic acids is 2. The predicted molar refractivity (Wildman–Crippen MR) is 116 cm³/mol. The Kier molecular flexibility index (Phi) is 9.00. The first-order chi connectivity index (χ1) is 13.9. The molecule has 0 fully saturated rings. The minimum atomic E-state index is -0.615. The van der Waals surface area contributed by atoms with E-state index in [1.807, 2.05) is 43.3 Å². The smallest absolute Gasteiger partial charge is 0.261 e. The van der Waals surface area contributed by atoms with Crippen molar-refractivity contribution in [2.24, 2.45) is 0 Å². The zero-order valence-electron chi connectivity index (χ0n) is 17.3. The molecule has 6 heteroatoms. The van der Waals surface area contributed by atoms with Crippen LogP contribution in [0.4, 0.5) is 0 Å². The Morgan fingerprint density at radius 2 is 1.90 bits per heavy atom. The minimum absolute atomic E-state index is 0.135. The molecule has 2 rings (SSSR count). The molecule has 0 aliphatic carbocycles. The van der Waals surface area contributed by atoms with Crippen LogP contribution in [0.2, 0.25) is 5.02 Å². The Morgan fingerprint density at radius 1 is 1.17 bits per heavy atom. The van der Waals surface area contributed by atoms with Crippen molar-refractivity contribution in [3.05, 3.63) is 64.7 Å². The standard InChI is InChI=1S/C23H29ClN2O3/c1-4-5-13-25-23(28)18(3)26(15-19-9-11-20(24)12-10-19)22(27)16-29-21-8-6-7-17(2)14-21/h6-12,14,18H,4-5,13,15-16H2,1-3H3,(H,25,28)/t18-/m0/s1. The molecule has 1 atom stereocenters. The first-order valence-corrected chi connectivity index (χ1v) is 10.3. The van der Waals surface area contributed by atoms with Crippen LogP contribution in [0.5, 0.6) is 5.75 Å². The quantitative estimate of drug-likeness (QED) is 0.585. The van der Waals surface area contributed by atoms with Gasteiger partial charge in [0.05, 0.1) is 0 Å². The topological polar surface area (TPSA) is 58.6 Å². The van der Waals surface area contributed by atoms with Crippen LogP contribution < -0.4 is 10.1 Å². The Hall–Kier alpha value is -2.53. The zero-order chi connectivity index (χ0) is 21.2. The maximum atomic E-state index is 12.9. The van der Waals surface area contributed by atoms with Gasteiger partial charge in [-0.3, -0.25) is 9.59 Å². The molecule has 0 saturated carbocycles. The summed E-state index contributed by atoms with van der Waals surface area (Å²) in [6.07, 6.45) is 1.90. The van der Waals surface area contributed by atoms with Crippen LogP contribution >= 0.6 is 11.6 Å². The van der Waals surface area contributed by atoms with Gasteiger partial charge in [0.25, 0.3) is 5.91 Å². The highest BCUT2D eigenvalue weighted by Gasteiger charge is 2.26. The highest BCUT2D eigenvalue weighted by molar-refractivity contribution is 6.30. The van der Waals surface area contributed by atoms with Gasteiger partial charge in [0.15, 0.2) is 6.61 Å². The summed E-state index contributed by atoms with van der Waals surface area (Å²) >= 11 is 5.96. The van der Waals surface area contributed by atoms with Crippen LogP contribution in [0.25, 0.3) is 0 Å². The van der Waals surface area contributed by atoms with Crippen molar-refractivity contribution in [3.8, 4) is 5.75 Å². The van der Waals surface area contributed by atoms with Crippen LogP contribution in [0.15, 0.2) is 48.5 Å². The lowest BCUT2D eigenvalue weighted by Crippen LogP contribution is -2.49. The zero-order valence-corrected chi connectivity index (χ0v) is 18.0. The molecule has 1 N–H and O–H groups in total. The molecule has 0 spiro atoms. The predicted octanol–water partition coefficient (Wildman–Crippen LogP) is 4.36. The van der Waals surface area contributed by atoms with Crippen molar-refractivity contribution >= 4 is 23.4 Å². The number of amides is 2. The summed E-state index contributed by atoms with van der Waals surface area (Å²) in [4.78, 5) is 27.0. The minimum Gasteiger partial charge on any atom is -0.484 e. The van der Waals surface area contributed by atoms with Crippen LogP contribution in [0, 0.1) is 6.92 Å². The molecule has 0 unspecified atom stereocenters. The van der Waals surface area contributed by atoms with E-state index in [2.05, 4.69) is 12.2 Å². The lowest BCUT2D eigenvalue weighted by molar-refractivity contribution is -0.142. The number of ether oxygens (including phenoxy) is 1. The normalized spacial score (nSPS) is 11.6. The van der Waals surface area contributed by atoms with E-state index in [9.17, 15) is 9.59 Å². The Morgan fingerprint density at radius 3 is 2.55 bits per heavy atom. The molecule has 2 amide bonds. The van der Waals surface area contributed by atoms with Crippen LogP contribution in [-0.4, -0.2) is 35.9 Å². The highest BCUT2D eigenvalue weighted by atomic mass is 35.5. The fourth-order valence-corrected chi connectivity index (χ4v) is 2.96. The van der Waals surface area contributed by atoms with E-state index < -0.39 is 6.04 Å². The summed E-state index contributed by atoms with van der Waals surface area (Å²) in [5.74, 6) is 0.209. The summed E-state index contributed by atoms with van der Waals surface area (Å²) in [7, 11) is 0. The summed E-state index contributed by atoms with van der Waals surface area (Å²) < 4.78 is 5.67. The van der Waals surface area contributed by atoms with Gasteiger partial charge in [0.2, 0.25) is 5.91 Å². The second kappa shape index (κ2) is 11.5. The molecule has 0 saturated heterocycles. The fraction of sp³-hybridized carbons (Fsp3) is 0.391. The van der Waals surface area contributed by atoms with E-state index in [1.165, 1.54) is 0 Å². The van der Waals surface area contributed by atoms with E-state index >= 15 is 0 Å². The molecule has 156 valence electrons. The summed E-state index contributed by atoms with van der Waals surface area (Å²) in [6, 6.07) is 14.2. The molecule has 0 heterocycles. The maximum Gasteiger partial charge on any atom is 0.261 e. The monoisotopic (exact) mass is 416 g/mol. The van der Waals surface area contributed by atoms with Crippen LogP contribution in [-0.2, 0) is 16.1 Å². The number of rotatable bonds is 10. The molecule has 2 aromatic carbocycles. The molecular formula is C23H29ClN2O3. The SMILES string of the molecule is CCCCNC(=O)[C@H](C)N(Cc1ccc(Cl)cc1)C(=O)COc1cccc(C)c1. The van der Waals surface area contributed by atoms with Gasteiger partial charge in [-0.05, 0) is 55.7 Å². The lowest BCUT2D eigenvalue weighted by atomic mass is 10.1. The van der Waals surface area contributed by atoms with Gasteiger partial charge in [0, 0.05) is 18.1 Å². The van der Waals surface area contributed by atoms with Gasteiger partial charge in [-0.15, -0.1) is 0 Å². The molecule has 29 heavy (non-hydrogen) atoms. The Balaban J connectivity index is 2.10. The first-order valence-electron chi connectivity index (χ1n) is 9.91. The molecular weight excluding hydrogens is 388 g/mol. The van der Waals surface area contributed by atoms with Crippen molar-refractivity contribution in [3.63, 3.8) is 0 Å². The van der Waals surface area contributed by atoms with Gasteiger partial charge < -0.3 is 15.0 Å². The molecule has 5 nitrogen and oxygen atoms in total. The first kappa shape index (κ1) is 22.8. The maximum absolute atomic E-state index is 12.9. The highest BCUT2D eigenvalue weighted by Crippen LogP contribution is 2.16. The van der Waals surface area contributed by atoms with Gasteiger partial charge in [-0.1, -0.05) is 49.2 Å². The van der Waals surface area contributed by atoms with Crippen molar-refractivity contribution < 1.29 is 14.3 Å². The third-order valence-corrected chi connectivity index (χ3v) is 4.87. The molecule has 0 aliphatic rings. The van der Waals surface area contributed by atoms with Crippen molar-refractivity contribution in [2.45, 2.75) is 46.2 Å². The number of hydrogen-bond donors (Lipinski definition) is 1. The molecule has 0 radical (unpaired) electrons. The lowest BCUT2D eigenvalue weighted by Gasteiger charge is -2.28. The number of unbranched alkanes of at least 4 members (excludes halogenated alkanes) is 1. The van der Waals surface area contributed by atoms with E-state index in [1.54, 1.807) is 24.0 Å². The third kappa shape index (κ3) is 7.42. The number of nitrogens with zero attached hydrogens (tertiary/aromatic N) is 1. The van der Waals surface area contributed by atoms with Crippen molar-refractivity contribution in [2.75, 3.05) is 13.2 Å². The van der Waals surface area contributed by atoms with Crippen molar-refractivity contribution in [1.29, 1.82) is 0 Å². The Bertz CT molecular complexity index is 808. The number of hydrogen-bond acceptors (Lipinski definition) is 3. The third-order valence-electron chi connectivity index (χ3n) is 4.61. The second-order valence-corrected chi connectivity index (χ2v) is 7.51. The molecule has 0 aliphatic heterocycles. The molecule has 0 aromatic heterocycles. The number of halogens is 1. The van der Waals surface area contributed by atoms with E-state index in [0.29, 0.717) is 23.9 Å². The Labute approximate surface area is 178 Å². The van der Waals surface area contributed by atoms with E-state index in [-0.39, 0.29) is 18.4 Å². The average Bonchev–Trinajstić information content (AvgIpc) is 2.71. The van der Waals surface area contributed by atoms with Gasteiger partial charge in [0.1, 0.15) is 11.8 Å². The second-order valence-electron chi connectivity index (χ2n) is 7.07. The number of benzene rings is 2. The summed E-state index contributed by atoms with van der Waals surface area (Å²) in [5.41, 5.74) is 1.95. The summed E-state index contributed by atoms with van der Waals surface area (Å²) in [5, 5.41) is 3.52. The van der Waals surface area contributed by atoms with Gasteiger partial charge >= 0.3 is 0 Å². The van der Waals surface area contributed by atoms with E-state index in [0.717, 1.165) is 24.0 Å². The van der Waals surface area contributed by atoms with Crippen molar-refractivity contribution in [1.82, 2.24) is 10.2 Å². The fourth-order valence-electron chi connectivity index (χ4n) is 2.84. The number of carbonyl (C=O) groups is 2. The van der Waals surface area contributed by atoms with Gasteiger partial charge in [-0.2, -0.15) is 0 Å². The number of aryl methyl sites for hydroxylation is 1. The van der Waals surface area contributed by atoms with E-state index in [4.69, 9.17) is 16.3 Å². The largest absolute Gasteiger partial charge is 0.484 e.